The Morgan fingerprint density at radius 2 is 2.33 bits per heavy atom. The Morgan fingerprint density at radius 3 is 2.87 bits per heavy atom. The summed E-state index contributed by atoms with van der Waals surface area (Å²) >= 11 is 2.98. The first-order chi connectivity index (χ1) is 7.10. The molecule has 0 heterocycles. The lowest BCUT2D eigenvalue weighted by Gasteiger charge is -2.06. The van der Waals surface area contributed by atoms with E-state index in [0.717, 1.165) is 6.07 Å². The van der Waals surface area contributed by atoms with Crippen molar-refractivity contribution in [3.05, 3.63) is 33.5 Å². The van der Waals surface area contributed by atoms with Crippen molar-refractivity contribution in [1.82, 2.24) is 0 Å². The number of rotatable bonds is 2. The molecule has 0 N–H and O–H groups in total. The summed E-state index contributed by atoms with van der Waals surface area (Å²) in [6, 6.07) is 4.36. The Kier molecular flexibility index (Phi) is 3.81. The Labute approximate surface area is 94.6 Å². The summed E-state index contributed by atoms with van der Waals surface area (Å²) in [5.41, 5.74) is 0.525. The zero-order valence-corrected chi connectivity index (χ0v) is 9.47. The van der Waals surface area contributed by atoms with E-state index in [-0.39, 0.29) is 16.5 Å². The number of halogens is 2. The molecule has 0 aliphatic heterocycles. The molecule has 0 fully saturated rings. The Bertz CT molecular complexity index is 440. The van der Waals surface area contributed by atoms with E-state index in [0.29, 0.717) is 5.56 Å². The Morgan fingerprint density at radius 1 is 1.67 bits per heavy atom. The number of hydrogen-bond acceptors (Lipinski definition) is 3. The van der Waals surface area contributed by atoms with E-state index < -0.39 is 11.8 Å². The molecule has 5 heteroatoms. The van der Waals surface area contributed by atoms with E-state index in [1.165, 1.54) is 13.2 Å². The van der Waals surface area contributed by atoms with Gasteiger partial charge in [0.05, 0.1) is 29.6 Å². The number of carbonyl (C=O) groups excluding carboxylic acids is 1. The quantitative estimate of drug-likeness (QED) is 0.777. The maximum Gasteiger partial charge on any atom is 0.338 e. The van der Waals surface area contributed by atoms with Crippen LogP contribution >= 0.6 is 15.9 Å². The van der Waals surface area contributed by atoms with E-state index in [2.05, 4.69) is 20.7 Å². The highest BCUT2D eigenvalue weighted by Crippen LogP contribution is 2.21. The predicted molar refractivity (Wildman–Crippen MR) is 54.8 cm³/mol. The van der Waals surface area contributed by atoms with E-state index >= 15 is 0 Å². The first-order valence-corrected chi connectivity index (χ1v) is 4.82. The SMILES string of the molecule is COC(=O)c1cc(F)c(Br)cc1CC#N. The van der Waals surface area contributed by atoms with Gasteiger partial charge in [0.1, 0.15) is 5.82 Å². The monoisotopic (exact) mass is 271 g/mol. The molecule has 15 heavy (non-hydrogen) atoms. The minimum atomic E-state index is -0.647. The van der Waals surface area contributed by atoms with Gasteiger partial charge < -0.3 is 4.74 Å². The fraction of sp³-hybridized carbons (Fsp3) is 0.200. The molecular formula is C10H7BrFNO2. The lowest BCUT2D eigenvalue weighted by molar-refractivity contribution is 0.0599. The number of nitriles is 1. The first kappa shape index (κ1) is 11.7. The summed E-state index contributed by atoms with van der Waals surface area (Å²) in [6.45, 7) is 0. The van der Waals surface area contributed by atoms with Gasteiger partial charge in [0.15, 0.2) is 0 Å². The second-order valence-electron chi connectivity index (χ2n) is 2.75. The molecule has 0 aromatic heterocycles. The maximum absolute atomic E-state index is 13.2. The molecule has 0 aliphatic rings. The summed E-state index contributed by atoms with van der Waals surface area (Å²) < 4.78 is 17.9. The third-order valence-electron chi connectivity index (χ3n) is 1.82. The summed E-state index contributed by atoms with van der Waals surface area (Å²) in [4.78, 5) is 11.3. The summed E-state index contributed by atoms with van der Waals surface area (Å²) in [5, 5.41) is 8.55. The zero-order valence-electron chi connectivity index (χ0n) is 7.88. The Balaban J connectivity index is 3.29. The smallest absolute Gasteiger partial charge is 0.338 e. The van der Waals surface area contributed by atoms with Gasteiger partial charge in [0.25, 0.3) is 0 Å². The lowest BCUT2D eigenvalue weighted by atomic mass is 10.1. The molecule has 0 saturated heterocycles. The largest absolute Gasteiger partial charge is 0.465 e. The van der Waals surface area contributed by atoms with Crippen LogP contribution in [0.25, 0.3) is 0 Å². The highest BCUT2D eigenvalue weighted by molar-refractivity contribution is 9.10. The summed E-state index contributed by atoms with van der Waals surface area (Å²) in [5.74, 6) is -1.20. The fourth-order valence-corrected chi connectivity index (χ4v) is 1.51. The van der Waals surface area contributed by atoms with Crippen LogP contribution in [-0.4, -0.2) is 13.1 Å². The normalized spacial score (nSPS) is 9.47. The van der Waals surface area contributed by atoms with Crippen molar-refractivity contribution in [3.63, 3.8) is 0 Å². The van der Waals surface area contributed by atoms with Crippen LogP contribution in [0, 0.1) is 17.1 Å². The van der Waals surface area contributed by atoms with Crippen LogP contribution in [0.15, 0.2) is 16.6 Å². The average Bonchev–Trinajstić information content (AvgIpc) is 2.22. The number of esters is 1. The van der Waals surface area contributed by atoms with Crippen molar-refractivity contribution in [2.75, 3.05) is 7.11 Å². The standard InChI is InChI=1S/C10H7BrFNO2/c1-15-10(14)7-5-9(12)8(11)4-6(7)2-3-13/h4-5H,2H2,1H3. The van der Waals surface area contributed by atoms with Gasteiger partial charge in [-0.05, 0) is 33.6 Å². The number of carbonyl (C=O) groups is 1. The lowest BCUT2D eigenvalue weighted by Crippen LogP contribution is -2.06. The van der Waals surface area contributed by atoms with Crippen LogP contribution in [-0.2, 0) is 11.2 Å². The van der Waals surface area contributed by atoms with Gasteiger partial charge in [0.2, 0.25) is 0 Å². The van der Waals surface area contributed by atoms with Gasteiger partial charge in [-0.15, -0.1) is 0 Å². The number of hydrogen-bond donors (Lipinski definition) is 0. The van der Waals surface area contributed by atoms with Gasteiger partial charge in [-0.25, -0.2) is 9.18 Å². The number of ether oxygens (including phenoxy) is 1. The topological polar surface area (TPSA) is 50.1 Å². The fourth-order valence-electron chi connectivity index (χ4n) is 1.12. The maximum atomic E-state index is 13.2. The molecular weight excluding hydrogens is 265 g/mol. The van der Waals surface area contributed by atoms with Crippen molar-refractivity contribution in [3.8, 4) is 6.07 Å². The molecule has 0 amide bonds. The molecule has 0 radical (unpaired) electrons. The minimum absolute atomic E-state index is 0.0311. The highest BCUT2D eigenvalue weighted by atomic mass is 79.9. The number of methoxy groups -OCH3 is 1. The number of benzene rings is 1. The van der Waals surface area contributed by atoms with Gasteiger partial charge in [0, 0.05) is 0 Å². The van der Waals surface area contributed by atoms with Crippen LogP contribution in [0.4, 0.5) is 4.39 Å². The van der Waals surface area contributed by atoms with Crippen LogP contribution in [0.3, 0.4) is 0 Å². The second-order valence-corrected chi connectivity index (χ2v) is 3.60. The van der Waals surface area contributed by atoms with E-state index in [1.54, 1.807) is 0 Å². The molecule has 0 spiro atoms. The summed E-state index contributed by atoms with van der Waals surface area (Å²) in [7, 11) is 1.21. The highest BCUT2D eigenvalue weighted by Gasteiger charge is 2.14. The molecule has 1 aromatic rings. The van der Waals surface area contributed by atoms with Crippen LogP contribution < -0.4 is 0 Å². The predicted octanol–water partition coefficient (Wildman–Crippen LogP) is 2.44. The van der Waals surface area contributed by atoms with E-state index in [9.17, 15) is 9.18 Å². The van der Waals surface area contributed by atoms with Crippen LogP contribution in [0.5, 0.6) is 0 Å². The second kappa shape index (κ2) is 4.89. The van der Waals surface area contributed by atoms with Crippen molar-refractivity contribution in [1.29, 1.82) is 5.26 Å². The summed E-state index contributed by atoms with van der Waals surface area (Å²) in [6.07, 6.45) is 0.0311. The third-order valence-corrected chi connectivity index (χ3v) is 2.43. The number of nitrogens with zero attached hydrogens (tertiary/aromatic N) is 1. The van der Waals surface area contributed by atoms with Gasteiger partial charge in [-0.2, -0.15) is 5.26 Å². The van der Waals surface area contributed by atoms with Gasteiger partial charge >= 0.3 is 5.97 Å². The molecule has 1 rings (SSSR count). The van der Waals surface area contributed by atoms with Crippen molar-refractivity contribution in [2.45, 2.75) is 6.42 Å². The molecule has 1 aromatic carbocycles. The molecule has 0 saturated carbocycles. The van der Waals surface area contributed by atoms with E-state index in [1.807, 2.05) is 6.07 Å². The molecule has 0 unspecified atom stereocenters. The van der Waals surface area contributed by atoms with E-state index in [4.69, 9.17) is 5.26 Å². The van der Waals surface area contributed by atoms with Gasteiger partial charge in [-0.3, -0.25) is 0 Å². The molecule has 78 valence electrons. The van der Waals surface area contributed by atoms with Crippen LogP contribution in [0.1, 0.15) is 15.9 Å². The van der Waals surface area contributed by atoms with Crippen molar-refractivity contribution in [2.24, 2.45) is 0 Å². The Hall–Kier alpha value is -1.41. The molecule has 0 bridgehead atoms. The van der Waals surface area contributed by atoms with Crippen molar-refractivity contribution < 1.29 is 13.9 Å². The zero-order chi connectivity index (χ0) is 11.4. The molecule has 3 nitrogen and oxygen atoms in total. The third kappa shape index (κ3) is 2.54. The average molecular weight is 272 g/mol. The van der Waals surface area contributed by atoms with Gasteiger partial charge in [-0.1, -0.05) is 0 Å². The first-order valence-electron chi connectivity index (χ1n) is 4.03. The minimum Gasteiger partial charge on any atom is -0.465 e. The molecule has 0 aliphatic carbocycles. The van der Waals surface area contributed by atoms with Crippen molar-refractivity contribution >= 4 is 21.9 Å². The molecule has 0 atom stereocenters. The van der Waals surface area contributed by atoms with Crippen LogP contribution in [0.2, 0.25) is 0 Å².